The highest BCUT2D eigenvalue weighted by atomic mass is 32.1. The number of benzene rings is 2. The third-order valence-electron chi connectivity index (χ3n) is 4.45. The van der Waals surface area contributed by atoms with E-state index < -0.39 is 0 Å². The van der Waals surface area contributed by atoms with Crippen LogP contribution < -0.4 is 5.01 Å². The Kier molecular flexibility index (Phi) is 4.77. The van der Waals surface area contributed by atoms with Gasteiger partial charge in [0.25, 0.3) is 0 Å². The van der Waals surface area contributed by atoms with Crippen LogP contribution in [0.2, 0.25) is 0 Å². The van der Waals surface area contributed by atoms with Crippen LogP contribution in [0, 0.1) is 5.82 Å². The first-order valence-corrected chi connectivity index (χ1v) is 9.48. The van der Waals surface area contributed by atoms with Crippen molar-refractivity contribution in [1.29, 1.82) is 0 Å². The molecule has 1 aliphatic rings. The van der Waals surface area contributed by atoms with Crippen LogP contribution in [0.4, 0.5) is 14.9 Å². The van der Waals surface area contributed by atoms with Gasteiger partial charge in [0.15, 0.2) is 0 Å². The molecule has 5 nitrogen and oxygen atoms in total. The van der Waals surface area contributed by atoms with E-state index in [4.69, 9.17) is 9.72 Å². The van der Waals surface area contributed by atoms with E-state index in [1.165, 1.54) is 30.6 Å². The third kappa shape index (κ3) is 3.50. The summed E-state index contributed by atoms with van der Waals surface area (Å²) in [5.41, 5.74) is 3.60. The lowest BCUT2D eigenvalue weighted by molar-refractivity contribution is 0.129. The molecule has 7 heteroatoms. The summed E-state index contributed by atoms with van der Waals surface area (Å²) in [6.07, 6.45) is 0.538. The summed E-state index contributed by atoms with van der Waals surface area (Å²) in [4.78, 5) is 16.7. The van der Waals surface area contributed by atoms with Crippen LogP contribution in [0.5, 0.6) is 0 Å². The van der Waals surface area contributed by atoms with Gasteiger partial charge >= 0.3 is 6.09 Å². The Bertz CT molecular complexity index is 958. The zero-order valence-electron chi connectivity index (χ0n) is 14.8. The van der Waals surface area contributed by atoms with Crippen LogP contribution in [0.15, 0.2) is 53.9 Å². The molecule has 1 amide bonds. The van der Waals surface area contributed by atoms with E-state index in [-0.39, 0.29) is 11.9 Å². The van der Waals surface area contributed by atoms with Crippen LogP contribution in [0.25, 0.3) is 21.8 Å². The van der Waals surface area contributed by atoms with E-state index in [2.05, 4.69) is 0 Å². The minimum Gasteiger partial charge on any atom is -0.452 e. The molecule has 0 atom stereocenters. The van der Waals surface area contributed by atoms with Crippen LogP contribution in [0.1, 0.15) is 6.42 Å². The lowest BCUT2D eigenvalue weighted by atomic mass is 10.1. The number of anilines is 1. The summed E-state index contributed by atoms with van der Waals surface area (Å²) in [5.74, 6) is -0.261. The fourth-order valence-corrected chi connectivity index (χ4v) is 3.96. The van der Waals surface area contributed by atoms with Gasteiger partial charge in [0.1, 0.15) is 10.8 Å². The summed E-state index contributed by atoms with van der Waals surface area (Å²) in [5, 5.41) is 6.39. The number of hydrazine groups is 1. The predicted octanol–water partition coefficient (Wildman–Crippen LogP) is 4.81. The number of carbonyl (C=O) groups is 1. The molecule has 3 aromatic rings. The summed E-state index contributed by atoms with van der Waals surface area (Å²) in [7, 11) is 1.39. The number of ether oxygens (including phenoxy) is 1. The van der Waals surface area contributed by atoms with Gasteiger partial charge in [-0.25, -0.2) is 19.2 Å². The fourth-order valence-electron chi connectivity index (χ4n) is 3.13. The number of hydrogen-bond acceptors (Lipinski definition) is 5. The second-order valence-electron chi connectivity index (χ2n) is 6.16. The maximum Gasteiger partial charge on any atom is 0.428 e. The number of carbonyl (C=O) groups excluding carboxylic acids is 1. The van der Waals surface area contributed by atoms with Gasteiger partial charge in [-0.05, 0) is 42.8 Å². The topological polar surface area (TPSA) is 45.7 Å². The molecule has 1 saturated heterocycles. The molecule has 0 radical (unpaired) electrons. The molecule has 0 aliphatic carbocycles. The van der Waals surface area contributed by atoms with Crippen molar-refractivity contribution < 1.29 is 13.9 Å². The van der Waals surface area contributed by atoms with Crippen molar-refractivity contribution in [2.24, 2.45) is 0 Å². The zero-order chi connectivity index (χ0) is 18.8. The lowest BCUT2D eigenvalue weighted by Gasteiger charge is -2.28. The van der Waals surface area contributed by atoms with Gasteiger partial charge < -0.3 is 4.74 Å². The van der Waals surface area contributed by atoms with Gasteiger partial charge in [-0.15, -0.1) is 11.3 Å². The van der Waals surface area contributed by atoms with Crippen LogP contribution >= 0.6 is 11.3 Å². The molecule has 0 saturated carbocycles. The summed E-state index contributed by atoms with van der Waals surface area (Å²) < 4.78 is 18.0. The van der Waals surface area contributed by atoms with Crippen molar-refractivity contribution in [3.8, 4) is 21.8 Å². The first kappa shape index (κ1) is 17.5. The maximum atomic E-state index is 13.1. The minimum atomic E-state index is -0.356. The van der Waals surface area contributed by atoms with Crippen molar-refractivity contribution in [3.63, 3.8) is 0 Å². The van der Waals surface area contributed by atoms with Gasteiger partial charge in [0, 0.05) is 29.6 Å². The fraction of sp³-hybridized carbons (Fsp3) is 0.200. The van der Waals surface area contributed by atoms with Gasteiger partial charge in [-0.1, -0.05) is 12.1 Å². The molecule has 0 unspecified atom stereocenters. The molecule has 1 aliphatic heterocycles. The summed E-state index contributed by atoms with van der Waals surface area (Å²) >= 11 is 1.54. The van der Waals surface area contributed by atoms with E-state index >= 15 is 0 Å². The molecular formula is C20H18FN3O2S. The van der Waals surface area contributed by atoms with Crippen molar-refractivity contribution in [2.75, 3.05) is 25.2 Å². The third-order valence-corrected chi connectivity index (χ3v) is 5.34. The number of hydrogen-bond donors (Lipinski definition) is 0. The highest BCUT2D eigenvalue weighted by Gasteiger charge is 2.27. The molecule has 0 N–H and O–H groups in total. The van der Waals surface area contributed by atoms with E-state index in [1.54, 1.807) is 17.1 Å². The monoisotopic (exact) mass is 383 g/mol. The first-order valence-electron chi connectivity index (χ1n) is 8.60. The molecule has 2 heterocycles. The van der Waals surface area contributed by atoms with Gasteiger partial charge in [-0.2, -0.15) is 0 Å². The molecular weight excluding hydrogens is 365 g/mol. The van der Waals surface area contributed by atoms with E-state index in [0.29, 0.717) is 6.54 Å². The highest BCUT2D eigenvalue weighted by Crippen LogP contribution is 2.32. The SMILES string of the molecule is COC(=O)N1CCCN1c1cccc(-c2nc(-c3ccc(F)cc3)cs2)c1. The Hall–Kier alpha value is -2.93. The second kappa shape index (κ2) is 7.36. The molecule has 4 rings (SSSR count). The number of thiazole rings is 1. The largest absolute Gasteiger partial charge is 0.452 e. The minimum absolute atomic E-state index is 0.261. The molecule has 27 heavy (non-hydrogen) atoms. The normalized spacial score (nSPS) is 13.9. The maximum absolute atomic E-state index is 13.1. The van der Waals surface area contributed by atoms with Crippen LogP contribution in [-0.4, -0.2) is 36.3 Å². The van der Waals surface area contributed by atoms with Gasteiger partial charge in [0.05, 0.1) is 18.5 Å². The van der Waals surface area contributed by atoms with E-state index in [1.807, 2.05) is 34.7 Å². The van der Waals surface area contributed by atoms with Gasteiger partial charge in [0.2, 0.25) is 0 Å². The lowest BCUT2D eigenvalue weighted by Crippen LogP contribution is -2.41. The summed E-state index contributed by atoms with van der Waals surface area (Å²) in [6.45, 7) is 1.40. The molecule has 2 aromatic carbocycles. The van der Waals surface area contributed by atoms with Crippen molar-refractivity contribution in [1.82, 2.24) is 9.99 Å². The second-order valence-corrected chi connectivity index (χ2v) is 7.02. The van der Waals surface area contributed by atoms with E-state index in [9.17, 15) is 9.18 Å². The predicted molar refractivity (Wildman–Crippen MR) is 104 cm³/mol. The average molecular weight is 383 g/mol. The Labute approximate surface area is 160 Å². The molecule has 0 bridgehead atoms. The average Bonchev–Trinajstić information content (AvgIpc) is 3.38. The number of halogens is 1. The molecule has 1 fully saturated rings. The standard InChI is InChI=1S/C20H18FN3O2S/c1-26-20(25)24-11-3-10-23(24)17-5-2-4-15(12-17)19-22-18(13-27-19)14-6-8-16(21)9-7-14/h2,4-9,12-13H,3,10-11H2,1H3. The smallest absolute Gasteiger partial charge is 0.428 e. The van der Waals surface area contributed by atoms with Crippen molar-refractivity contribution in [3.05, 3.63) is 59.7 Å². The number of methoxy groups -OCH3 is 1. The van der Waals surface area contributed by atoms with Crippen molar-refractivity contribution in [2.45, 2.75) is 6.42 Å². The quantitative estimate of drug-likeness (QED) is 0.651. The van der Waals surface area contributed by atoms with Crippen LogP contribution in [-0.2, 0) is 4.74 Å². The van der Waals surface area contributed by atoms with Gasteiger partial charge in [-0.3, -0.25) is 5.01 Å². The van der Waals surface area contributed by atoms with Crippen LogP contribution in [0.3, 0.4) is 0 Å². The molecule has 1 aromatic heterocycles. The zero-order valence-corrected chi connectivity index (χ0v) is 15.6. The Morgan fingerprint density at radius 1 is 1.15 bits per heavy atom. The number of aromatic nitrogens is 1. The first-order chi connectivity index (χ1) is 13.2. The number of nitrogens with zero attached hydrogens (tertiary/aromatic N) is 3. The Morgan fingerprint density at radius 3 is 2.74 bits per heavy atom. The molecule has 0 spiro atoms. The Balaban J connectivity index is 1.61. The molecule has 138 valence electrons. The number of rotatable bonds is 3. The van der Waals surface area contributed by atoms with Crippen molar-refractivity contribution >= 4 is 23.1 Å². The number of amides is 1. The highest BCUT2D eigenvalue weighted by molar-refractivity contribution is 7.13. The Morgan fingerprint density at radius 2 is 1.96 bits per heavy atom. The van der Waals surface area contributed by atoms with E-state index in [0.717, 1.165) is 40.5 Å². The summed E-state index contributed by atoms with van der Waals surface area (Å²) in [6, 6.07) is 14.3.